The maximum Gasteiger partial charge on any atom is 0.252 e. The molecule has 2 aromatic rings. The zero-order valence-corrected chi connectivity index (χ0v) is 14.0. The predicted molar refractivity (Wildman–Crippen MR) is 94.7 cm³/mol. The molecule has 0 aliphatic carbocycles. The maximum atomic E-state index is 11.8. The molecule has 1 aliphatic heterocycles. The Bertz CT molecular complexity index is 723. The highest BCUT2D eigenvalue weighted by molar-refractivity contribution is 6.30. The van der Waals surface area contributed by atoms with E-state index < -0.39 is 0 Å². The molecule has 1 saturated heterocycles. The van der Waals surface area contributed by atoms with E-state index in [1.54, 1.807) is 6.07 Å². The van der Waals surface area contributed by atoms with Crippen molar-refractivity contribution in [3.63, 3.8) is 0 Å². The van der Waals surface area contributed by atoms with E-state index in [9.17, 15) is 4.79 Å². The molecule has 122 valence electrons. The zero-order chi connectivity index (χ0) is 16.2. The molecule has 0 saturated carbocycles. The Kier molecular flexibility index (Phi) is 4.86. The summed E-state index contributed by atoms with van der Waals surface area (Å²) in [6, 6.07) is 9.50. The number of halogens is 1. The number of hydrogen-bond donors (Lipinski definition) is 1. The minimum Gasteiger partial charge on any atom is -0.368 e. The van der Waals surface area contributed by atoms with Crippen molar-refractivity contribution in [3.8, 4) is 0 Å². The number of aromatic amines is 1. The summed E-state index contributed by atoms with van der Waals surface area (Å²) < 4.78 is 0. The van der Waals surface area contributed by atoms with E-state index in [4.69, 9.17) is 11.6 Å². The minimum absolute atomic E-state index is 0.0734. The molecular weight excluding hydrogens is 312 g/mol. The molecule has 0 unspecified atom stereocenters. The van der Waals surface area contributed by atoms with Gasteiger partial charge in [-0.25, -0.2) is 4.98 Å². The number of H-pyrrole nitrogens is 1. The van der Waals surface area contributed by atoms with Crippen molar-refractivity contribution < 1.29 is 0 Å². The second-order valence-electron chi connectivity index (χ2n) is 5.76. The van der Waals surface area contributed by atoms with Crippen LogP contribution in [0.3, 0.4) is 0 Å². The number of benzene rings is 1. The average molecular weight is 333 g/mol. The van der Waals surface area contributed by atoms with Gasteiger partial charge < -0.3 is 9.80 Å². The highest BCUT2D eigenvalue weighted by Gasteiger charge is 2.19. The molecule has 0 atom stereocenters. The number of nitrogens with one attached hydrogen (secondary N) is 1. The van der Waals surface area contributed by atoms with E-state index in [0.717, 1.165) is 55.4 Å². The second-order valence-corrected chi connectivity index (χ2v) is 6.20. The van der Waals surface area contributed by atoms with Crippen LogP contribution < -0.4 is 15.4 Å². The molecule has 1 aliphatic rings. The highest BCUT2D eigenvalue weighted by atomic mass is 35.5. The monoisotopic (exact) mass is 332 g/mol. The molecule has 2 heterocycles. The first kappa shape index (κ1) is 15.9. The van der Waals surface area contributed by atoms with Crippen molar-refractivity contribution in [1.29, 1.82) is 0 Å². The Morgan fingerprint density at radius 1 is 1.17 bits per heavy atom. The summed E-state index contributed by atoms with van der Waals surface area (Å²) in [4.78, 5) is 23.7. The van der Waals surface area contributed by atoms with Crippen molar-refractivity contribution in [2.24, 2.45) is 0 Å². The van der Waals surface area contributed by atoms with Crippen LogP contribution in [0.1, 0.15) is 19.0 Å². The molecule has 0 spiro atoms. The van der Waals surface area contributed by atoms with E-state index in [-0.39, 0.29) is 5.56 Å². The van der Waals surface area contributed by atoms with Gasteiger partial charge in [0.25, 0.3) is 5.56 Å². The molecule has 1 aromatic carbocycles. The summed E-state index contributed by atoms with van der Waals surface area (Å²) in [5.41, 5.74) is 1.93. The predicted octanol–water partition coefficient (Wildman–Crippen LogP) is 2.70. The lowest BCUT2D eigenvalue weighted by atomic mass is 10.2. The number of aromatic nitrogens is 2. The fraction of sp³-hybridized carbons (Fsp3) is 0.412. The van der Waals surface area contributed by atoms with Crippen molar-refractivity contribution in [2.75, 3.05) is 36.0 Å². The number of aryl methyl sites for hydroxylation is 1. The van der Waals surface area contributed by atoms with Gasteiger partial charge in [-0.3, -0.25) is 9.78 Å². The fourth-order valence-electron chi connectivity index (χ4n) is 2.88. The van der Waals surface area contributed by atoms with Crippen molar-refractivity contribution in [2.45, 2.75) is 19.8 Å². The first-order chi connectivity index (χ1) is 11.2. The van der Waals surface area contributed by atoms with E-state index in [1.807, 2.05) is 18.2 Å². The van der Waals surface area contributed by atoms with Crippen LogP contribution in [-0.2, 0) is 6.42 Å². The molecule has 0 bridgehead atoms. The van der Waals surface area contributed by atoms with Gasteiger partial charge in [0.2, 0.25) is 5.95 Å². The van der Waals surface area contributed by atoms with Crippen LogP contribution in [0.2, 0.25) is 5.02 Å². The third-order valence-corrected chi connectivity index (χ3v) is 4.28. The number of anilines is 2. The highest BCUT2D eigenvalue weighted by Crippen LogP contribution is 2.21. The smallest absolute Gasteiger partial charge is 0.252 e. The van der Waals surface area contributed by atoms with Crippen molar-refractivity contribution >= 4 is 23.2 Å². The van der Waals surface area contributed by atoms with Crippen molar-refractivity contribution in [3.05, 3.63) is 51.4 Å². The van der Waals surface area contributed by atoms with Gasteiger partial charge in [0.1, 0.15) is 0 Å². The van der Waals surface area contributed by atoms with Gasteiger partial charge in [-0.1, -0.05) is 31.0 Å². The number of hydrogen-bond acceptors (Lipinski definition) is 4. The van der Waals surface area contributed by atoms with Crippen LogP contribution in [0.25, 0.3) is 0 Å². The van der Waals surface area contributed by atoms with Crippen LogP contribution in [-0.4, -0.2) is 36.1 Å². The molecular formula is C17H21ClN4O. The molecule has 1 N–H and O–H groups in total. The summed E-state index contributed by atoms with van der Waals surface area (Å²) in [5.74, 6) is 0.687. The molecule has 5 nitrogen and oxygen atoms in total. The lowest BCUT2D eigenvalue weighted by Gasteiger charge is -2.36. The van der Waals surface area contributed by atoms with E-state index in [2.05, 4.69) is 32.8 Å². The third kappa shape index (κ3) is 3.85. The normalized spacial score (nSPS) is 15.0. The van der Waals surface area contributed by atoms with E-state index in [1.165, 1.54) is 0 Å². The topological polar surface area (TPSA) is 52.2 Å². The quantitative estimate of drug-likeness (QED) is 0.935. The first-order valence-electron chi connectivity index (χ1n) is 8.01. The maximum absolute atomic E-state index is 11.8. The van der Waals surface area contributed by atoms with Gasteiger partial charge in [0, 0.05) is 48.6 Å². The SMILES string of the molecule is CCCc1cc(=O)[nH]c(N2CCN(c3cccc(Cl)c3)CC2)n1. The molecule has 6 heteroatoms. The van der Waals surface area contributed by atoms with Crippen LogP contribution in [0, 0.1) is 0 Å². The van der Waals surface area contributed by atoms with Gasteiger partial charge in [-0.2, -0.15) is 0 Å². The Morgan fingerprint density at radius 2 is 1.91 bits per heavy atom. The number of rotatable bonds is 4. The lowest BCUT2D eigenvalue weighted by Crippen LogP contribution is -2.47. The zero-order valence-electron chi connectivity index (χ0n) is 13.3. The largest absolute Gasteiger partial charge is 0.368 e. The first-order valence-corrected chi connectivity index (χ1v) is 8.39. The number of piperazine rings is 1. The van der Waals surface area contributed by atoms with E-state index in [0.29, 0.717) is 5.95 Å². The van der Waals surface area contributed by atoms with Gasteiger partial charge in [-0.05, 0) is 24.6 Å². The summed E-state index contributed by atoms with van der Waals surface area (Å²) >= 11 is 6.07. The van der Waals surface area contributed by atoms with Gasteiger partial charge >= 0.3 is 0 Å². The molecule has 1 aromatic heterocycles. The Hall–Kier alpha value is -2.01. The molecule has 1 fully saturated rings. The fourth-order valence-corrected chi connectivity index (χ4v) is 3.06. The summed E-state index contributed by atoms with van der Waals surface area (Å²) in [7, 11) is 0. The summed E-state index contributed by atoms with van der Waals surface area (Å²) in [6.45, 7) is 5.49. The van der Waals surface area contributed by atoms with Gasteiger partial charge in [0.15, 0.2) is 0 Å². The van der Waals surface area contributed by atoms with Gasteiger partial charge in [0.05, 0.1) is 0 Å². The summed E-state index contributed by atoms with van der Waals surface area (Å²) in [6.07, 6.45) is 1.82. The van der Waals surface area contributed by atoms with Crippen LogP contribution >= 0.6 is 11.6 Å². The molecule has 0 radical (unpaired) electrons. The van der Waals surface area contributed by atoms with Crippen molar-refractivity contribution in [1.82, 2.24) is 9.97 Å². The third-order valence-electron chi connectivity index (χ3n) is 4.04. The Balaban J connectivity index is 1.70. The summed E-state index contributed by atoms with van der Waals surface area (Å²) in [5, 5.41) is 0.753. The minimum atomic E-state index is -0.0734. The Labute approximate surface area is 140 Å². The number of nitrogens with zero attached hydrogens (tertiary/aromatic N) is 3. The van der Waals surface area contributed by atoms with E-state index >= 15 is 0 Å². The average Bonchev–Trinajstić information content (AvgIpc) is 2.55. The van der Waals surface area contributed by atoms with Crippen LogP contribution in [0.15, 0.2) is 35.1 Å². The molecule has 3 rings (SSSR count). The van der Waals surface area contributed by atoms with Crippen LogP contribution in [0.5, 0.6) is 0 Å². The molecule has 23 heavy (non-hydrogen) atoms. The van der Waals surface area contributed by atoms with Gasteiger partial charge in [-0.15, -0.1) is 0 Å². The standard InChI is InChI=1S/C17H21ClN4O/c1-2-4-14-12-16(23)20-17(19-14)22-9-7-21(8-10-22)15-6-3-5-13(18)11-15/h3,5-6,11-12H,2,4,7-10H2,1H3,(H,19,20,23). The lowest BCUT2D eigenvalue weighted by molar-refractivity contribution is 0.636. The Morgan fingerprint density at radius 3 is 2.61 bits per heavy atom. The molecule has 0 amide bonds. The second kappa shape index (κ2) is 7.04. The van der Waals surface area contributed by atoms with Crippen LogP contribution in [0.4, 0.5) is 11.6 Å².